The number of anilines is 1. The first-order chi connectivity index (χ1) is 8.08. The number of aromatic carboxylic acids is 1. The highest BCUT2D eigenvalue weighted by Gasteiger charge is 2.12. The second kappa shape index (κ2) is 4.77. The summed E-state index contributed by atoms with van der Waals surface area (Å²) < 4.78 is 0.858. The van der Waals surface area contributed by atoms with E-state index in [1.54, 1.807) is 12.1 Å². The van der Waals surface area contributed by atoms with Crippen LogP contribution in [0, 0.1) is 6.92 Å². The number of carboxylic acids is 1. The number of para-hydroxylation sites is 1. The van der Waals surface area contributed by atoms with E-state index in [0.717, 1.165) is 14.9 Å². The van der Waals surface area contributed by atoms with Gasteiger partial charge in [0.1, 0.15) is 0 Å². The summed E-state index contributed by atoms with van der Waals surface area (Å²) in [6, 6.07) is 4.97. The van der Waals surface area contributed by atoms with E-state index < -0.39 is 5.97 Å². The molecule has 17 heavy (non-hydrogen) atoms. The van der Waals surface area contributed by atoms with Crippen LogP contribution in [0.1, 0.15) is 16.1 Å². The topological polar surface area (TPSA) is 76.2 Å². The molecule has 3 N–H and O–H groups in total. The summed E-state index contributed by atoms with van der Waals surface area (Å²) in [5, 5.41) is 10.9. The maximum Gasteiger partial charge on any atom is 0.337 e. The first kappa shape index (κ1) is 11.9. The third-order valence-electron chi connectivity index (χ3n) is 2.09. The van der Waals surface area contributed by atoms with Gasteiger partial charge in [0, 0.05) is 16.0 Å². The van der Waals surface area contributed by atoms with Crippen molar-refractivity contribution in [2.24, 2.45) is 0 Å². The minimum Gasteiger partial charge on any atom is -0.478 e. The van der Waals surface area contributed by atoms with E-state index in [2.05, 4.69) is 4.98 Å². The number of hydrogen-bond acceptors (Lipinski definition) is 5. The molecule has 0 bridgehead atoms. The number of nitrogen functional groups attached to an aromatic ring is 1. The first-order valence-electron chi connectivity index (χ1n) is 4.79. The highest BCUT2D eigenvalue weighted by molar-refractivity contribution is 8.01. The summed E-state index contributed by atoms with van der Waals surface area (Å²) >= 11 is 2.90. The second-order valence-corrected chi connectivity index (χ2v) is 5.53. The van der Waals surface area contributed by atoms with Crippen LogP contribution in [0.15, 0.2) is 32.8 Å². The minimum atomic E-state index is -1.01. The number of nitrogens with two attached hydrogens (primary N) is 1. The second-order valence-electron chi connectivity index (χ2n) is 3.38. The van der Waals surface area contributed by atoms with Crippen LogP contribution in [0.25, 0.3) is 0 Å². The summed E-state index contributed by atoms with van der Waals surface area (Å²) in [7, 11) is 0. The molecule has 6 heteroatoms. The molecule has 0 unspecified atom stereocenters. The van der Waals surface area contributed by atoms with E-state index in [4.69, 9.17) is 10.8 Å². The lowest BCUT2D eigenvalue weighted by atomic mass is 10.2. The van der Waals surface area contributed by atoms with E-state index in [9.17, 15) is 4.79 Å². The van der Waals surface area contributed by atoms with Gasteiger partial charge < -0.3 is 10.8 Å². The maximum atomic E-state index is 10.9. The Morgan fingerprint density at radius 2 is 2.29 bits per heavy atom. The van der Waals surface area contributed by atoms with Crippen molar-refractivity contribution in [1.29, 1.82) is 0 Å². The zero-order chi connectivity index (χ0) is 12.4. The summed E-state index contributed by atoms with van der Waals surface area (Å²) in [5.41, 5.74) is 7.18. The summed E-state index contributed by atoms with van der Waals surface area (Å²) in [4.78, 5) is 15.9. The lowest BCUT2D eigenvalue weighted by Crippen LogP contribution is -2.03. The van der Waals surface area contributed by atoms with E-state index in [0.29, 0.717) is 0 Å². The normalized spacial score (nSPS) is 10.4. The van der Waals surface area contributed by atoms with Gasteiger partial charge in [-0.3, -0.25) is 0 Å². The van der Waals surface area contributed by atoms with Crippen LogP contribution < -0.4 is 5.73 Å². The highest BCUT2D eigenvalue weighted by atomic mass is 32.2. The maximum absolute atomic E-state index is 10.9. The van der Waals surface area contributed by atoms with Gasteiger partial charge in [-0.2, -0.15) is 0 Å². The molecule has 0 aliphatic carbocycles. The molecule has 0 spiro atoms. The Morgan fingerprint density at radius 3 is 2.88 bits per heavy atom. The molecular formula is C11H10N2O2S2. The number of rotatable bonds is 3. The molecule has 0 saturated heterocycles. The Balaban J connectivity index is 2.33. The van der Waals surface area contributed by atoms with Gasteiger partial charge in [-0.25, -0.2) is 9.78 Å². The van der Waals surface area contributed by atoms with Gasteiger partial charge in [-0.15, -0.1) is 11.3 Å². The van der Waals surface area contributed by atoms with Gasteiger partial charge >= 0.3 is 5.97 Å². The van der Waals surface area contributed by atoms with Crippen LogP contribution in [-0.2, 0) is 0 Å². The van der Waals surface area contributed by atoms with Gasteiger partial charge in [-0.1, -0.05) is 17.8 Å². The van der Waals surface area contributed by atoms with Gasteiger partial charge in [0.05, 0.1) is 11.3 Å². The van der Waals surface area contributed by atoms with Gasteiger partial charge in [0.25, 0.3) is 0 Å². The molecule has 0 amide bonds. The average molecular weight is 266 g/mol. The average Bonchev–Trinajstić information content (AvgIpc) is 2.67. The van der Waals surface area contributed by atoms with Gasteiger partial charge in [0.15, 0.2) is 4.34 Å². The molecule has 88 valence electrons. The Labute approximate surface area is 106 Å². The molecule has 4 nitrogen and oxygen atoms in total. The SMILES string of the molecule is Cc1csc(Sc2cccc(C(=O)O)c2N)n1. The number of benzene rings is 1. The predicted molar refractivity (Wildman–Crippen MR) is 68.8 cm³/mol. The smallest absolute Gasteiger partial charge is 0.337 e. The van der Waals surface area contributed by atoms with Crippen LogP contribution in [0.4, 0.5) is 5.69 Å². The molecule has 0 atom stereocenters. The van der Waals surface area contributed by atoms with E-state index >= 15 is 0 Å². The molecule has 0 aliphatic rings. The number of hydrogen-bond donors (Lipinski definition) is 2. The lowest BCUT2D eigenvalue weighted by molar-refractivity contribution is 0.0698. The van der Waals surface area contributed by atoms with Crippen molar-refractivity contribution in [3.63, 3.8) is 0 Å². The fourth-order valence-corrected chi connectivity index (χ4v) is 3.16. The quantitative estimate of drug-likeness (QED) is 0.835. The molecule has 0 radical (unpaired) electrons. The summed E-state index contributed by atoms with van der Waals surface area (Å²) in [6.07, 6.45) is 0. The van der Waals surface area contributed by atoms with E-state index in [-0.39, 0.29) is 11.3 Å². The monoisotopic (exact) mass is 266 g/mol. The molecule has 1 heterocycles. The third-order valence-corrected chi connectivity index (χ3v) is 4.22. The highest BCUT2D eigenvalue weighted by Crippen LogP contribution is 2.35. The fourth-order valence-electron chi connectivity index (χ4n) is 1.29. The number of thiazole rings is 1. The number of nitrogens with zero attached hydrogens (tertiary/aromatic N) is 1. The zero-order valence-corrected chi connectivity index (χ0v) is 10.6. The molecule has 1 aromatic carbocycles. The molecule has 2 aromatic rings. The molecule has 1 aromatic heterocycles. The number of aryl methyl sites for hydroxylation is 1. The largest absolute Gasteiger partial charge is 0.478 e. The fraction of sp³-hybridized carbons (Fsp3) is 0.0909. The van der Waals surface area contributed by atoms with Crippen molar-refractivity contribution < 1.29 is 9.90 Å². The van der Waals surface area contributed by atoms with Crippen LogP contribution >= 0.6 is 23.1 Å². The van der Waals surface area contributed by atoms with Crippen LogP contribution in [-0.4, -0.2) is 16.1 Å². The Kier molecular flexibility index (Phi) is 3.35. The van der Waals surface area contributed by atoms with Gasteiger partial charge in [-0.05, 0) is 19.1 Å². The summed E-state index contributed by atoms with van der Waals surface area (Å²) in [5.74, 6) is -1.01. The number of carboxylic acid groups (broad SMARTS) is 1. The first-order valence-corrected chi connectivity index (χ1v) is 6.49. The Bertz CT molecular complexity index is 566. The van der Waals surface area contributed by atoms with Crippen molar-refractivity contribution in [1.82, 2.24) is 4.98 Å². The summed E-state index contributed by atoms with van der Waals surface area (Å²) in [6.45, 7) is 1.91. The van der Waals surface area contributed by atoms with Crippen LogP contribution in [0.3, 0.4) is 0 Å². The van der Waals surface area contributed by atoms with E-state index in [1.807, 2.05) is 12.3 Å². The molecule has 0 aliphatic heterocycles. The molecule has 2 rings (SSSR count). The van der Waals surface area contributed by atoms with E-state index in [1.165, 1.54) is 29.2 Å². The predicted octanol–water partition coefficient (Wildman–Crippen LogP) is 2.88. The van der Waals surface area contributed by atoms with Crippen molar-refractivity contribution in [2.45, 2.75) is 16.2 Å². The van der Waals surface area contributed by atoms with Gasteiger partial charge in [0.2, 0.25) is 0 Å². The van der Waals surface area contributed by atoms with Crippen molar-refractivity contribution in [2.75, 3.05) is 5.73 Å². The number of carbonyl (C=O) groups is 1. The zero-order valence-electron chi connectivity index (χ0n) is 9.01. The van der Waals surface area contributed by atoms with Crippen molar-refractivity contribution in [3.05, 3.63) is 34.8 Å². The standard InChI is InChI=1S/C11H10N2O2S2/c1-6-5-16-11(13-6)17-8-4-2-3-7(9(8)12)10(14)15/h2-5H,12H2,1H3,(H,14,15). The Hall–Kier alpha value is -1.53. The van der Waals surface area contributed by atoms with Crippen molar-refractivity contribution >= 4 is 34.8 Å². The third kappa shape index (κ3) is 2.59. The molecular weight excluding hydrogens is 256 g/mol. The molecule has 0 saturated carbocycles. The Morgan fingerprint density at radius 1 is 1.53 bits per heavy atom. The molecule has 0 fully saturated rings. The number of aromatic nitrogens is 1. The van der Waals surface area contributed by atoms with Crippen molar-refractivity contribution in [3.8, 4) is 0 Å². The lowest BCUT2D eigenvalue weighted by Gasteiger charge is -2.05. The van der Waals surface area contributed by atoms with Crippen LogP contribution in [0.2, 0.25) is 0 Å². The minimum absolute atomic E-state index is 0.128. The van der Waals surface area contributed by atoms with Crippen LogP contribution in [0.5, 0.6) is 0 Å².